The van der Waals surface area contributed by atoms with Crippen LogP contribution in [0.5, 0.6) is 0 Å². The van der Waals surface area contributed by atoms with Crippen LogP contribution in [0.3, 0.4) is 0 Å². The molecule has 0 aliphatic carbocycles. The SMILES string of the molecule is C=C[C@@](C)(O)CC/C=C(\C)CCCC(=C)C. The van der Waals surface area contributed by atoms with Gasteiger partial charge in [-0.25, -0.2) is 0 Å². The largest absolute Gasteiger partial charge is 0.386 e. The molecule has 0 amide bonds. The summed E-state index contributed by atoms with van der Waals surface area (Å²) in [7, 11) is 0. The topological polar surface area (TPSA) is 20.2 Å². The molecule has 0 aliphatic rings. The molecule has 1 N–H and O–H groups in total. The molecule has 16 heavy (non-hydrogen) atoms. The molecule has 1 heteroatoms. The van der Waals surface area contributed by atoms with Crippen molar-refractivity contribution in [2.45, 2.75) is 58.5 Å². The minimum atomic E-state index is -0.728. The van der Waals surface area contributed by atoms with E-state index in [1.165, 1.54) is 17.6 Å². The van der Waals surface area contributed by atoms with E-state index in [9.17, 15) is 5.11 Å². The molecule has 92 valence electrons. The maximum Gasteiger partial charge on any atom is 0.0800 e. The van der Waals surface area contributed by atoms with Gasteiger partial charge in [-0.05, 0) is 52.9 Å². The van der Waals surface area contributed by atoms with Gasteiger partial charge in [-0.1, -0.05) is 23.3 Å². The quantitative estimate of drug-likeness (QED) is 0.604. The van der Waals surface area contributed by atoms with E-state index >= 15 is 0 Å². The van der Waals surface area contributed by atoms with Crippen LogP contribution in [0.15, 0.2) is 36.5 Å². The van der Waals surface area contributed by atoms with Crippen molar-refractivity contribution in [3.63, 3.8) is 0 Å². The Bertz CT molecular complexity index is 259. The molecule has 0 aromatic carbocycles. The van der Waals surface area contributed by atoms with Gasteiger partial charge in [-0.2, -0.15) is 0 Å². The summed E-state index contributed by atoms with van der Waals surface area (Å²) in [6.45, 7) is 13.5. The summed E-state index contributed by atoms with van der Waals surface area (Å²) >= 11 is 0. The summed E-state index contributed by atoms with van der Waals surface area (Å²) in [5, 5.41) is 9.73. The monoisotopic (exact) mass is 222 g/mol. The van der Waals surface area contributed by atoms with Crippen molar-refractivity contribution in [3.05, 3.63) is 36.5 Å². The second-order valence-corrected chi connectivity index (χ2v) is 4.96. The van der Waals surface area contributed by atoms with E-state index in [0.29, 0.717) is 0 Å². The van der Waals surface area contributed by atoms with Crippen LogP contribution < -0.4 is 0 Å². The van der Waals surface area contributed by atoms with E-state index in [2.05, 4.69) is 33.1 Å². The van der Waals surface area contributed by atoms with Crippen molar-refractivity contribution in [1.82, 2.24) is 0 Å². The van der Waals surface area contributed by atoms with Crippen LogP contribution in [0.2, 0.25) is 0 Å². The molecule has 0 bridgehead atoms. The normalized spacial score (nSPS) is 15.6. The molecule has 0 aliphatic heterocycles. The van der Waals surface area contributed by atoms with Crippen LogP contribution in [0.4, 0.5) is 0 Å². The van der Waals surface area contributed by atoms with Crippen molar-refractivity contribution in [1.29, 1.82) is 0 Å². The van der Waals surface area contributed by atoms with Gasteiger partial charge in [0.25, 0.3) is 0 Å². The number of hydrogen-bond acceptors (Lipinski definition) is 1. The van der Waals surface area contributed by atoms with Gasteiger partial charge in [0.05, 0.1) is 5.60 Å². The highest BCUT2D eigenvalue weighted by atomic mass is 16.3. The minimum absolute atomic E-state index is 0.728. The fourth-order valence-electron chi connectivity index (χ4n) is 1.48. The first-order valence-electron chi connectivity index (χ1n) is 6.03. The zero-order valence-corrected chi connectivity index (χ0v) is 11.1. The molecule has 0 saturated heterocycles. The van der Waals surface area contributed by atoms with Crippen molar-refractivity contribution >= 4 is 0 Å². The van der Waals surface area contributed by atoms with Crippen molar-refractivity contribution in [2.24, 2.45) is 0 Å². The summed E-state index contributed by atoms with van der Waals surface area (Å²) in [4.78, 5) is 0. The summed E-state index contributed by atoms with van der Waals surface area (Å²) in [5.74, 6) is 0. The van der Waals surface area contributed by atoms with Gasteiger partial charge in [0.2, 0.25) is 0 Å². The molecular weight excluding hydrogens is 196 g/mol. The first-order valence-corrected chi connectivity index (χ1v) is 6.03. The van der Waals surface area contributed by atoms with Crippen LogP contribution in [-0.4, -0.2) is 10.7 Å². The van der Waals surface area contributed by atoms with E-state index < -0.39 is 5.60 Å². The van der Waals surface area contributed by atoms with E-state index in [-0.39, 0.29) is 0 Å². The Kier molecular flexibility index (Phi) is 7.07. The van der Waals surface area contributed by atoms with Crippen molar-refractivity contribution < 1.29 is 5.11 Å². The third-order valence-corrected chi connectivity index (χ3v) is 2.76. The van der Waals surface area contributed by atoms with Gasteiger partial charge < -0.3 is 5.11 Å². The molecule has 0 aromatic rings. The lowest BCUT2D eigenvalue weighted by molar-refractivity contribution is 0.103. The Labute approximate surface area is 101 Å². The first-order chi connectivity index (χ1) is 7.37. The van der Waals surface area contributed by atoms with E-state index in [4.69, 9.17) is 0 Å². The van der Waals surface area contributed by atoms with Crippen LogP contribution in [-0.2, 0) is 0 Å². The Morgan fingerprint density at radius 1 is 1.31 bits per heavy atom. The molecule has 0 fully saturated rings. The smallest absolute Gasteiger partial charge is 0.0800 e. The average molecular weight is 222 g/mol. The number of hydrogen-bond donors (Lipinski definition) is 1. The molecule has 1 nitrogen and oxygen atoms in total. The molecule has 0 spiro atoms. The van der Waals surface area contributed by atoms with Gasteiger partial charge >= 0.3 is 0 Å². The molecule has 0 unspecified atom stereocenters. The van der Waals surface area contributed by atoms with Gasteiger partial charge in [-0.3, -0.25) is 0 Å². The molecule has 0 heterocycles. The first kappa shape index (κ1) is 15.2. The van der Waals surface area contributed by atoms with Crippen LogP contribution >= 0.6 is 0 Å². The molecular formula is C15H26O. The highest BCUT2D eigenvalue weighted by molar-refractivity contribution is 5.01. The summed E-state index contributed by atoms with van der Waals surface area (Å²) in [6, 6.07) is 0. The zero-order valence-electron chi connectivity index (χ0n) is 11.1. The average Bonchev–Trinajstić information content (AvgIpc) is 2.17. The molecule has 0 saturated carbocycles. The number of rotatable bonds is 8. The van der Waals surface area contributed by atoms with Crippen molar-refractivity contribution in [3.8, 4) is 0 Å². The Balaban J connectivity index is 3.79. The minimum Gasteiger partial charge on any atom is -0.386 e. The van der Waals surface area contributed by atoms with Crippen LogP contribution in [0, 0.1) is 0 Å². The second kappa shape index (κ2) is 7.45. The maximum absolute atomic E-state index is 9.73. The molecule has 0 rings (SSSR count). The lowest BCUT2D eigenvalue weighted by atomic mass is 9.99. The molecule has 0 radical (unpaired) electrons. The summed E-state index contributed by atoms with van der Waals surface area (Å²) in [6.07, 6.45) is 8.90. The van der Waals surface area contributed by atoms with E-state index in [1.807, 2.05) is 0 Å². The lowest BCUT2D eigenvalue weighted by Crippen LogP contribution is -2.19. The van der Waals surface area contributed by atoms with Gasteiger partial charge in [0.1, 0.15) is 0 Å². The second-order valence-electron chi connectivity index (χ2n) is 4.96. The number of allylic oxidation sites excluding steroid dienone is 3. The fraction of sp³-hybridized carbons (Fsp3) is 0.600. The maximum atomic E-state index is 9.73. The summed E-state index contributed by atoms with van der Waals surface area (Å²) in [5.41, 5.74) is 1.93. The van der Waals surface area contributed by atoms with Gasteiger partial charge in [-0.15, -0.1) is 13.2 Å². The lowest BCUT2D eigenvalue weighted by Gasteiger charge is -2.16. The predicted octanol–water partition coefficient (Wildman–Crippen LogP) is 4.40. The van der Waals surface area contributed by atoms with E-state index in [0.717, 1.165) is 25.7 Å². The standard InChI is InChI=1S/C15H26O/c1-6-15(5,16)12-8-11-14(4)10-7-9-13(2)3/h6,11,16H,1-2,7-10,12H2,3-5H3/b14-11+/t15-/m1/s1. The third-order valence-electron chi connectivity index (χ3n) is 2.76. The highest BCUT2D eigenvalue weighted by Crippen LogP contribution is 2.16. The van der Waals surface area contributed by atoms with E-state index in [1.54, 1.807) is 13.0 Å². The molecule has 0 aromatic heterocycles. The third kappa shape index (κ3) is 8.49. The van der Waals surface area contributed by atoms with Gasteiger partial charge in [0, 0.05) is 0 Å². The Morgan fingerprint density at radius 3 is 2.44 bits per heavy atom. The summed E-state index contributed by atoms with van der Waals surface area (Å²) < 4.78 is 0. The van der Waals surface area contributed by atoms with Crippen molar-refractivity contribution in [2.75, 3.05) is 0 Å². The number of aliphatic hydroxyl groups is 1. The predicted molar refractivity (Wildman–Crippen MR) is 72.5 cm³/mol. The van der Waals surface area contributed by atoms with Crippen LogP contribution in [0.1, 0.15) is 52.9 Å². The van der Waals surface area contributed by atoms with Gasteiger partial charge in [0.15, 0.2) is 0 Å². The zero-order chi connectivity index (χ0) is 12.6. The fourth-order valence-corrected chi connectivity index (χ4v) is 1.48. The van der Waals surface area contributed by atoms with Crippen LogP contribution in [0.25, 0.3) is 0 Å². The Morgan fingerprint density at radius 2 is 1.94 bits per heavy atom. The Hall–Kier alpha value is -0.820. The highest BCUT2D eigenvalue weighted by Gasteiger charge is 2.13. The molecule has 1 atom stereocenters.